The van der Waals surface area contributed by atoms with E-state index < -0.39 is 0 Å². The third-order valence-corrected chi connectivity index (χ3v) is 5.00. The van der Waals surface area contributed by atoms with Crippen molar-refractivity contribution < 1.29 is 4.79 Å². The van der Waals surface area contributed by atoms with Crippen molar-refractivity contribution in [2.24, 2.45) is 0 Å². The highest BCUT2D eigenvalue weighted by molar-refractivity contribution is 5.95. The van der Waals surface area contributed by atoms with Crippen LogP contribution in [0.25, 0.3) is 0 Å². The molecule has 2 heterocycles. The lowest BCUT2D eigenvalue weighted by atomic mass is 10.1. The highest BCUT2D eigenvalue weighted by Crippen LogP contribution is 2.24. The molecule has 4 rings (SSSR count). The normalized spacial score (nSPS) is 16.7. The fraction of sp³-hybridized carbons (Fsp3) is 0.350. The molecule has 1 amide bonds. The van der Waals surface area contributed by atoms with E-state index in [1.807, 2.05) is 17.0 Å². The summed E-state index contributed by atoms with van der Waals surface area (Å²) in [6.45, 7) is 6.43. The summed E-state index contributed by atoms with van der Waals surface area (Å²) in [6, 6.07) is 14.6. The Kier molecular flexibility index (Phi) is 3.89. The van der Waals surface area contributed by atoms with E-state index >= 15 is 0 Å². The van der Waals surface area contributed by atoms with Crippen LogP contribution in [0.1, 0.15) is 21.5 Å². The van der Waals surface area contributed by atoms with Gasteiger partial charge < -0.3 is 15.1 Å². The van der Waals surface area contributed by atoms with Crippen LogP contribution in [0.3, 0.4) is 0 Å². The zero-order chi connectivity index (χ0) is 16.5. The first-order valence-electron chi connectivity index (χ1n) is 8.68. The first-order valence-corrected chi connectivity index (χ1v) is 8.68. The van der Waals surface area contributed by atoms with Crippen LogP contribution in [0.4, 0.5) is 11.4 Å². The van der Waals surface area contributed by atoms with Crippen LogP contribution >= 0.6 is 0 Å². The van der Waals surface area contributed by atoms with Gasteiger partial charge in [-0.25, -0.2) is 0 Å². The molecule has 0 atom stereocenters. The zero-order valence-corrected chi connectivity index (χ0v) is 14.1. The number of benzene rings is 2. The number of piperazine rings is 1. The predicted octanol–water partition coefficient (Wildman–Crippen LogP) is 2.93. The molecular weight excluding hydrogens is 298 g/mol. The molecule has 1 saturated heterocycles. The van der Waals surface area contributed by atoms with Gasteiger partial charge in [0.05, 0.1) is 0 Å². The van der Waals surface area contributed by atoms with Crippen molar-refractivity contribution >= 4 is 17.3 Å². The minimum atomic E-state index is 0.161. The topological polar surface area (TPSA) is 35.6 Å². The van der Waals surface area contributed by atoms with E-state index in [0.29, 0.717) is 0 Å². The Bertz CT molecular complexity index is 763. The summed E-state index contributed by atoms with van der Waals surface area (Å²) in [4.78, 5) is 17.1. The Labute approximate surface area is 143 Å². The number of rotatable bonds is 2. The maximum absolute atomic E-state index is 12.8. The Balaban J connectivity index is 1.43. The summed E-state index contributed by atoms with van der Waals surface area (Å²) < 4.78 is 0. The lowest BCUT2D eigenvalue weighted by Crippen LogP contribution is -2.48. The van der Waals surface area contributed by atoms with Crippen molar-refractivity contribution in [3.8, 4) is 0 Å². The second kappa shape index (κ2) is 6.19. The number of nitrogens with one attached hydrogen (secondary N) is 1. The van der Waals surface area contributed by atoms with Crippen molar-refractivity contribution in [3.63, 3.8) is 0 Å². The molecule has 0 radical (unpaired) electrons. The van der Waals surface area contributed by atoms with Gasteiger partial charge in [-0.05, 0) is 54.8 Å². The molecule has 0 spiro atoms. The number of hydrogen-bond acceptors (Lipinski definition) is 3. The lowest BCUT2D eigenvalue weighted by Gasteiger charge is -2.36. The zero-order valence-electron chi connectivity index (χ0n) is 14.1. The van der Waals surface area contributed by atoms with Gasteiger partial charge in [0.25, 0.3) is 5.91 Å². The SMILES string of the molecule is Cc1cccc(N2CCN(C(=O)c3ccc4c(c3)CCN4)CC2)c1. The van der Waals surface area contributed by atoms with Crippen molar-refractivity contribution in [1.82, 2.24) is 4.90 Å². The number of amides is 1. The fourth-order valence-corrected chi connectivity index (χ4v) is 3.61. The summed E-state index contributed by atoms with van der Waals surface area (Å²) in [7, 11) is 0. The third kappa shape index (κ3) is 2.84. The Morgan fingerprint density at radius 2 is 1.88 bits per heavy atom. The molecular formula is C20H23N3O. The summed E-state index contributed by atoms with van der Waals surface area (Å²) in [5.74, 6) is 0.161. The quantitative estimate of drug-likeness (QED) is 0.924. The molecule has 24 heavy (non-hydrogen) atoms. The van der Waals surface area contributed by atoms with Gasteiger partial charge in [0, 0.05) is 49.7 Å². The summed E-state index contributed by atoms with van der Waals surface area (Å²) in [5, 5.41) is 3.34. The van der Waals surface area contributed by atoms with Crippen molar-refractivity contribution in [2.75, 3.05) is 42.9 Å². The Morgan fingerprint density at radius 1 is 1.04 bits per heavy atom. The van der Waals surface area contributed by atoms with Crippen LogP contribution in [-0.2, 0) is 6.42 Å². The van der Waals surface area contributed by atoms with Gasteiger partial charge in [0.2, 0.25) is 0 Å². The number of aryl methyl sites for hydroxylation is 1. The Hall–Kier alpha value is -2.49. The van der Waals surface area contributed by atoms with Crippen LogP contribution in [-0.4, -0.2) is 43.5 Å². The summed E-state index contributed by atoms with van der Waals surface area (Å²) >= 11 is 0. The van der Waals surface area contributed by atoms with Crippen LogP contribution in [0.15, 0.2) is 42.5 Å². The number of carbonyl (C=O) groups is 1. The summed E-state index contributed by atoms with van der Waals surface area (Å²) in [6.07, 6.45) is 1.01. The number of carbonyl (C=O) groups excluding carboxylic acids is 1. The van der Waals surface area contributed by atoms with E-state index in [1.54, 1.807) is 0 Å². The van der Waals surface area contributed by atoms with E-state index in [9.17, 15) is 4.79 Å². The minimum absolute atomic E-state index is 0.161. The molecule has 0 saturated carbocycles. The van der Waals surface area contributed by atoms with Gasteiger partial charge in [-0.3, -0.25) is 4.79 Å². The average Bonchev–Trinajstić information content (AvgIpc) is 3.09. The number of hydrogen-bond donors (Lipinski definition) is 1. The molecule has 2 aliphatic heterocycles. The fourth-order valence-electron chi connectivity index (χ4n) is 3.61. The smallest absolute Gasteiger partial charge is 0.253 e. The lowest BCUT2D eigenvalue weighted by molar-refractivity contribution is 0.0746. The molecule has 0 aliphatic carbocycles. The number of anilines is 2. The Morgan fingerprint density at radius 3 is 2.67 bits per heavy atom. The van der Waals surface area contributed by atoms with Crippen molar-refractivity contribution in [1.29, 1.82) is 0 Å². The van der Waals surface area contributed by atoms with E-state index in [4.69, 9.17) is 0 Å². The van der Waals surface area contributed by atoms with Crippen molar-refractivity contribution in [3.05, 3.63) is 59.2 Å². The second-order valence-corrected chi connectivity index (χ2v) is 6.67. The largest absolute Gasteiger partial charge is 0.384 e. The highest BCUT2D eigenvalue weighted by Gasteiger charge is 2.23. The molecule has 124 valence electrons. The average molecular weight is 321 g/mol. The first-order chi connectivity index (χ1) is 11.7. The summed E-state index contributed by atoms with van der Waals surface area (Å²) in [5.41, 5.74) is 5.79. The van der Waals surface area contributed by atoms with Gasteiger partial charge in [-0.15, -0.1) is 0 Å². The molecule has 2 aromatic carbocycles. The molecule has 4 heteroatoms. The highest BCUT2D eigenvalue weighted by atomic mass is 16.2. The standard InChI is InChI=1S/C20H23N3O/c1-15-3-2-4-18(13-15)22-9-11-23(12-10-22)20(24)17-5-6-19-16(14-17)7-8-21-19/h2-6,13-14,21H,7-12H2,1H3. The predicted molar refractivity (Wildman–Crippen MR) is 97.9 cm³/mol. The van der Waals surface area contributed by atoms with E-state index in [0.717, 1.165) is 44.7 Å². The minimum Gasteiger partial charge on any atom is -0.384 e. The molecule has 4 nitrogen and oxygen atoms in total. The third-order valence-electron chi connectivity index (χ3n) is 5.00. The van der Waals surface area contributed by atoms with Gasteiger partial charge in [-0.2, -0.15) is 0 Å². The monoisotopic (exact) mass is 321 g/mol. The number of fused-ring (bicyclic) bond motifs is 1. The maximum atomic E-state index is 12.8. The van der Waals surface area contributed by atoms with Gasteiger partial charge in [0.1, 0.15) is 0 Å². The number of nitrogens with zero attached hydrogens (tertiary/aromatic N) is 2. The van der Waals surface area contributed by atoms with Crippen LogP contribution in [0.2, 0.25) is 0 Å². The van der Waals surface area contributed by atoms with Gasteiger partial charge in [0.15, 0.2) is 0 Å². The van der Waals surface area contributed by atoms with Crippen LogP contribution in [0.5, 0.6) is 0 Å². The van der Waals surface area contributed by atoms with Gasteiger partial charge in [-0.1, -0.05) is 12.1 Å². The molecule has 0 bridgehead atoms. The van der Waals surface area contributed by atoms with Crippen LogP contribution < -0.4 is 10.2 Å². The molecule has 2 aliphatic rings. The molecule has 1 fully saturated rings. The first kappa shape index (κ1) is 15.1. The van der Waals surface area contributed by atoms with E-state index in [-0.39, 0.29) is 5.91 Å². The van der Waals surface area contributed by atoms with E-state index in [2.05, 4.69) is 47.5 Å². The molecule has 0 unspecified atom stereocenters. The maximum Gasteiger partial charge on any atom is 0.253 e. The van der Waals surface area contributed by atoms with Crippen molar-refractivity contribution in [2.45, 2.75) is 13.3 Å². The second-order valence-electron chi connectivity index (χ2n) is 6.67. The molecule has 1 N–H and O–H groups in total. The molecule has 0 aromatic heterocycles. The molecule has 2 aromatic rings. The van der Waals surface area contributed by atoms with E-state index in [1.165, 1.54) is 22.5 Å². The van der Waals surface area contributed by atoms with Gasteiger partial charge >= 0.3 is 0 Å². The van der Waals surface area contributed by atoms with Crippen LogP contribution in [0, 0.1) is 6.92 Å².